The van der Waals surface area contributed by atoms with Gasteiger partial charge in [0.2, 0.25) is 0 Å². The summed E-state index contributed by atoms with van der Waals surface area (Å²) in [4.78, 5) is 7.00. The summed E-state index contributed by atoms with van der Waals surface area (Å²) in [6.45, 7) is 7.04. The summed E-state index contributed by atoms with van der Waals surface area (Å²) in [6, 6.07) is 7.49. The van der Waals surface area contributed by atoms with Gasteiger partial charge in [0, 0.05) is 36.9 Å². The summed E-state index contributed by atoms with van der Waals surface area (Å²) in [5.74, 6) is 0.715. The van der Waals surface area contributed by atoms with E-state index in [1.54, 1.807) is 0 Å². The van der Waals surface area contributed by atoms with Gasteiger partial charge in [0.1, 0.15) is 0 Å². The Labute approximate surface area is 111 Å². The molecule has 1 fully saturated rings. The third-order valence-corrected chi connectivity index (χ3v) is 4.45. The van der Waals surface area contributed by atoms with E-state index in [1.165, 1.54) is 18.7 Å². The maximum Gasteiger partial charge on any atom is 0.0416 e. The second kappa shape index (κ2) is 6.30. The van der Waals surface area contributed by atoms with Gasteiger partial charge in [0.15, 0.2) is 0 Å². The number of nitrogens with zero attached hydrogens (tertiary/aromatic N) is 2. The van der Waals surface area contributed by atoms with Crippen LogP contribution in [0.25, 0.3) is 0 Å². The molecule has 2 rings (SSSR count). The molecule has 3 nitrogen and oxygen atoms in total. The maximum absolute atomic E-state index is 4.40. The standard InChI is InChI=1S/C15H25N3/c1-12-13(2)18(11-8-15(12)16-3)10-7-14-6-4-5-9-17-14/h4-6,9,12-13,15-16H,7-8,10-11H2,1-3H3. The van der Waals surface area contributed by atoms with Gasteiger partial charge in [0.05, 0.1) is 0 Å². The number of rotatable bonds is 4. The fourth-order valence-corrected chi connectivity index (χ4v) is 2.97. The lowest BCUT2D eigenvalue weighted by Gasteiger charge is -2.42. The molecule has 0 saturated carbocycles. The highest BCUT2D eigenvalue weighted by atomic mass is 15.2. The summed E-state index contributed by atoms with van der Waals surface area (Å²) in [7, 11) is 2.08. The van der Waals surface area contributed by atoms with Crippen molar-refractivity contribution in [2.75, 3.05) is 20.1 Å². The lowest BCUT2D eigenvalue weighted by molar-refractivity contribution is 0.0887. The molecule has 3 unspecified atom stereocenters. The molecule has 0 aliphatic carbocycles. The van der Waals surface area contributed by atoms with Gasteiger partial charge in [-0.05, 0) is 45.0 Å². The minimum atomic E-state index is 0.653. The van der Waals surface area contributed by atoms with Crippen molar-refractivity contribution < 1.29 is 0 Å². The molecule has 1 aliphatic rings. The second-order valence-electron chi connectivity index (χ2n) is 5.39. The monoisotopic (exact) mass is 247 g/mol. The Kier molecular flexibility index (Phi) is 4.72. The van der Waals surface area contributed by atoms with Crippen LogP contribution in [-0.2, 0) is 6.42 Å². The number of hydrogen-bond acceptors (Lipinski definition) is 3. The first-order valence-electron chi connectivity index (χ1n) is 7.03. The zero-order chi connectivity index (χ0) is 13.0. The molecule has 18 heavy (non-hydrogen) atoms. The van der Waals surface area contributed by atoms with Crippen LogP contribution in [0.2, 0.25) is 0 Å². The first kappa shape index (κ1) is 13.5. The molecule has 3 heteroatoms. The molecule has 1 aromatic rings. The predicted octanol–water partition coefficient (Wildman–Crippen LogP) is 1.94. The third kappa shape index (κ3) is 3.09. The SMILES string of the molecule is CNC1CCN(CCc2ccccn2)C(C)C1C. The zero-order valence-corrected chi connectivity index (χ0v) is 11.8. The van der Waals surface area contributed by atoms with Crippen molar-refractivity contribution in [2.45, 2.75) is 38.8 Å². The average Bonchev–Trinajstić information content (AvgIpc) is 2.42. The lowest BCUT2D eigenvalue weighted by atomic mass is 9.87. The number of likely N-dealkylation sites (tertiary alicyclic amines) is 1. The summed E-state index contributed by atoms with van der Waals surface area (Å²) < 4.78 is 0. The van der Waals surface area contributed by atoms with Gasteiger partial charge in [-0.25, -0.2) is 0 Å². The molecule has 1 aromatic heterocycles. The minimum Gasteiger partial charge on any atom is -0.317 e. The minimum absolute atomic E-state index is 0.653. The summed E-state index contributed by atoms with van der Waals surface area (Å²) in [6.07, 6.45) is 4.20. The number of nitrogens with one attached hydrogen (secondary N) is 1. The second-order valence-corrected chi connectivity index (χ2v) is 5.39. The molecule has 1 N–H and O–H groups in total. The van der Waals surface area contributed by atoms with Crippen LogP contribution in [0.15, 0.2) is 24.4 Å². The van der Waals surface area contributed by atoms with E-state index in [2.05, 4.69) is 48.2 Å². The Bertz CT molecular complexity index is 352. The Morgan fingerprint density at radius 2 is 2.22 bits per heavy atom. The van der Waals surface area contributed by atoms with Crippen molar-refractivity contribution in [3.63, 3.8) is 0 Å². The largest absolute Gasteiger partial charge is 0.317 e. The van der Waals surface area contributed by atoms with E-state index in [-0.39, 0.29) is 0 Å². The molecular formula is C15H25N3. The number of hydrogen-bond donors (Lipinski definition) is 1. The Morgan fingerprint density at radius 3 is 2.89 bits per heavy atom. The third-order valence-electron chi connectivity index (χ3n) is 4.45. The maximum atomic E-state index is 4.40. The van der Waals surface area contributed by atoms with Crippen molar-refractivity contribution in [3.05, 3.63) is 30.1 Å². The summed E-state index contributed by atoms with van der Waals surface area (Å²) in [5, 5.41) is 3.44. The molecule has 100 valence electrons. The van der Waals surface area contributed by atoms with Crippen molar-refractivity contribution in [1.82, 2.24) is 15.2 Å². The topological polar surface area (TPSA) is 28.2 Å². The Hall–Kier alpha value is -0.930. The predicted molar refractivity (Wildman–Crippen MR) is 75.6 cm³/mol. The Morgan fingerprint density at radius 1 is 1.39 bits per heavy atom. The molecule has 2 heterocycles. The van der Waals surface area contributed by atoms with E-state index < -0.39 is 0 Å². The quantitative estimate of drug-likeness (QED) is 0.881. The summed E-state index contributed by atoms with van der Waals surface area (Å²) in [5.41, 5.74) is 1.20. The highest BCUT2D eigenvalue weighted by Crippen LogP contribution is 2.23. The first-order chi connectivity index (χ1) is 8.72. The number of pyridine rings is 1. The fraction of sp³-hybridized carbons (Fsp3) is 0.667. The normalized spacial score (nSPS) is 29.4. The van der Waals surface area contributed by atoms with Crippen LogP contribution in [0, 0.1) is 5.92 Å². The molecule has 1 aliphatic heterocycles. The lowest BCUT2D eigenvalue weighted by Crippen LogP contribution is -2.53. The number of piperidine rings is 1. The highest BCUT2D eigenvalue weighted by molar-refractivity contribution is 5.04. The van der Waals surface area contributed by atoms with E-state index in [0.717, 1.165) is 13.0 Å². The summed E-state index contributed by atoms with van der Waals surface area (Å²) >= 11 is 0. The van der Waals surface area contributed by atoms with Crippen LogP contribution in [-0.4, -0.2) is 42.1 Å². The van der Waals surface area contributed by atoms with Crippen molar-refractivity contribution >= 4 is 0 Å². The van der Waals surface area contributed by atoms with Gasteiger partial charge in [0.25, 0.3) is 0 Å². The van der Waals surface area contributed by atoms with E-state index in [1.807, 2.05) is 12.3 Å². The van der Waals surface area contributed by atoms with Crippen LogP contribution in [0.1, 0.15) is 26.0 Å². The molecular weight excluding hydrogens is 222 g/mol. The molecule has 0 amide bonds. The van der Waals surface area contributed by atoms with E-state index in [9.17, 15) is 0 Å². The molecule has 3 atom stereocenters. The van der Waals surface area contributed by atoms with Gasteiger partial charge in [-0.2, -0.15) is 0 Å². The van der Waals surface area contributed by atoms with Crippen LogP contribution in [0.4, 0.5) is 0 Å². The van der Waals surface area contributed by atoms with Crippen molar-refractivity contribution in [1.29, 1.82) is 0 Å². The zero-order valence-electron chi connectivity index (χ0n) is 11.8. The van der Waals surface area contributed by atoms with Crippen LogP contribution in [0.5, 0.6) is 0 Å². The highest BCUT2D eigenvalue weighted by Gasteiger charge is 2.30. The first-order valence-corrected chi connectivity index (χ1v) is 7.03. The van der Waals surface area contributed by atoms with Gasteiger partial charge in [-0.3, -0.25) is 9.88 Å². The van der Waals surface area contributed by atoms with Crippen LogP contribution < -0.4 is 5.32 Å². The van der Waals surface area contributed by atoms with E-state index in [0.29, 0.717) is 18.0 Å². The van der Waals surface area contributed by atoms with Crippen molar-refractivity contribution in [3.8, 4) is 0 Å². The molecule has 0 bridgehead atoms. The molecule has 0 spiro atoms. The molecule has 0 radical (unpaired) electrons. The van der Waals surface area contributed by atoms with Crippen LogP contribution >= 0.6 is 0 Å². The molecule has 0 aromatic carbocycles. The average molecular weight is 247 g/mol. The Balaban J connectivity index is 1.87. The van der Waals surface area contributed by atoms with Gasteiger partial charge in [-0.15, -0.1) is 0 Å². The van der Waals surface area contributed by atoms with Crippen molar-refractivity contribution in [2.24, 2.45) is 5.92 Å². The fourth-order valence-electron chi connectivity index (χ4n) is 2.97. The van der Waals surface area contributed by atoms with Gasteiger partial charge < -0.3 is 5.32 Å². The number of aromatic nitrogens is 1. The smallest absolute Gasteiger partial charge is 0.0416 e. The van der Waals surface area contributed by atoms with Gasteiger partial charge in [-0.1, -0.05) is 13.0 Å². The van der Waals surface area contributed by atoms with Crippen LogP contribution in [0.3, 0.4) is 0 Å². The van der Waals surface area contributed by atoms with E-state index in [4.69, 9.17) is 0 Å². The van der Waals surface area contributed by atoms with E-state index >= 15 is 0 Å². The van der Waals surface area contributed by atoms with Gasteiger partial charge >= 0.3 is 0 Å². The molecule has 1 saturated heterocycles.